The van der Waals surface area contributed by atoms with Gasteiger partial charge in [0.05, 0.1) is 11.8 Å². The van der Waals surface area contributed by atoms with Gasteiger partial charge in [-0.05, 0) is 24.0 Å². The van der Waals surface area contributed by atoms with Crippen molar-refractivity contribution in [2.24, 2.45) is 17.8 Å². The lowest BCUT2D eigenvalue weighted by molar-refractivity contribution is -0.142. The van der Waals surface area contributed by atoms with Crippen molar-refractivity contribution in [2.45, 2.75) is 26.7 Å². The second-order valence-electron chi connectivity index (χ2n) is 7.05. The Balaban J connectivity index is 1.72. The molecule has 0 aliphatic carbocycles. The first kappa shape index (κ1) is 17.5. The lowest BCUT2D eigenvalue weighted by Gasteiger charge is -2.22. The number of rotatable bonds is 4. The van der Waals surface area contributed by atoms with Gasteiger partial charge in [0.15, 0.2) is 0 Å². The zero-order valence-corrected chi connectivity index (χ0v) is 14.6. The number of carbonyl (C=O) groups is 3. The van der Waals surface area contributed by atoms with E-state index in [1.807, 2.05) is 38.1 Å². The van der Waals surface area contributed by atoms with Crippen LogP contribution in [0.15, 0.2) is 24.3 Å². The lowest BCUT2D eigenvalue weighted by Crippen LogP contribution is -2.36. The van der Waals surface area contributed by atoms with Crippen molar-refractivity contribution in [3.05, 3.63) is 29.8 Å². The van der Waals surface area contributed by atoms with E-state index in [1.165, 1.54) is 0 Å². The van der Waals surface area contributed by atoms with E-state index < -0.39 is 17.8 Å². The first-order chi connectivity index (χ1) is 11.9. The molecule has 2 fully saturated rings. The van der Waals surface area contributed by atoms with Gasteiger partial charge in [0, 0.05) is 31.7 Å². The molecule has 25 heavy (non-hydrogen) atoms. The Morgan fingerprint density at radius 2 is 1.92 bits per heavy atom. The van der Waals surface area contributed by atoms with Gasteiger partial charge in [-0.1, -0.05) is 32.0 Å². The zero-order chi connectivity index (χ0) is 18.1. The molecule has 6 nitrogen and oxygen atoms in total. The van der Waals surface area contributed by atoms with Gasteiger partial charge in [0.1, 0.15) is 0 Å². The molecule has 2 aliphatic heterocycles. The van der Waals surface area contributed by atoms with E-state index in [2.05, 4.69) is 0 Å². The highest BCUT2D eigenvalue weighted by molar-refractivity contribution is 6.01. The topological polar surface area (TPSA) is 77.9 Å². The molecule has 1 aromatic carbocycles. The Kier molecular flexibility index (Phi) is 4.79. The molecule has 2 amide bonds. The van der Waals surface area contributed by atoms with Crippen LogP contribution in [0.25, 0.3) is 0 Å². The van der Waals surface area contributed by atoms with Gasteiger partial charge in [0.25, 0.3) is 0 Å². The van der Waals surface area contributed by atoms with Crippen LogP contribution < -0.4 is 4.90 Å². The number of likely N-dealkylation sites (tertiary alicyclic amines) is 1. The summed E-state index contributed by atoms with van der Waals surface area (Å²) in [6.07, 6.45) is 1.02. The number of amides is 2. The summed E-state index contributed by atoms with van der Waals surface area (Å²) in [6.45, 7) is 4.96. The highest BCUT2D eigenvalue weighted by Crippen LogP contribution is 2.31. The van der Waals surface area contributed by atoms with Crippen LogP contribution in [-0.2, 0) is 20.8 Å². The molecule has 0 radical (unpaired) electrons. The third kappa shape index (κ3) is 3.25. The van der Waals surface area contributed by atoms with Gasteiger partial charge in [-0.2, -0.15) is 0 Å². The first-order valence-corrected chi connectivity index (χ1v) is 8.82. The predicted molar refractivity (Wildman–Crippen MR) is 93.1 cm³/mol. The number of carbonyl (C=O) groups excluding carboxylic acids is 2. The summed E-state index contributed by atoms with van der Waals surface area (Å²) in [5.74, 6) is -1.96. The SMILES string of the molecule is CCc1ccccc1N1CC(C(=O)N2C[C@@H](C)[C@H](C(=O)O)C2)CC1=O. The Morgan fingerprint density at radius 1 is 1.20 bits per heavy atom. The molecule has 1 aromatic rings. The molecule has 0 spiro atoms. The van der Waals surface area contributed by atoms with Gasteiger partial charge in [-0.15, -0.1) is 0 Å². The molecule has 2 heterocycles. The first-order valence-electron chi connectivity index (χ1n) is 8.82. The van der Waals surface area contributed by atoms with Crippen LogP contribution >= 0.6 is 0 Å². The summed E-state index contributed by atoms with van der Waals surface area (Å²) in [5.41, 5.74) is 1.97. The molecule has 1 N–H and O–H groups in total. The maximum Gasteiger partial charge on any atom is 0.308 e. The molecule has 134 valence electrons. The average Bonchev–Trinajstić information content (AvgIpc) is 3.17. The maximum atomic E-state index is 12.8. The van der Waals surface area contributed by atoms with Crippen LogP contribution in [-0.4, -0.2) is 47.4 Å². The van der Waals surface area contributed by atoms with Crippen molar-refractivity contribution in [3.8, 4) is 0 Å². The van der Waals surface area contributed by atoms with Crippen LogP contribution in [0.2, 0.25) is 0 Å². The van der Waals surface area contributed by atoms with E-state index in [9.17, 15) is 19.5 Å². The number of hydrogen-bond donors (Lipinski definition) is 1. The average molecular weight is 344 g/mol. The van der Waals surface area contributed by atoms with Gasteiger partial charge < -0.3 is 14.9 Å². The van der Waals surface area contributed by atoms with E-state index >= 15 is 0 Å². The second kappa shape index (κ2) is 6.86. The lowest BCUT2D eigenvalue weighted by atomic mass is 9.99. The van der Waals surface area contributed by atoms with Gasteiger partial charge >= 0.3 is 5.97 Å². The quantitative estimate of drug-likeness (QED) is 0.903. The number of benzene rings is 1. The summed E-state index contributed by atoms with van der Waals surface area (Å²) in [6, 6.07) is 7.76. The third-order valence-electron chi connectivity index (χ3n) is 5.38. The standard InChI is InChI=1S/C19H24N2O4/c1-3-13-6-4-5-7-16(13)21-10-14(8-17(21)22)18(23)20-9-12(2)15(11-20)19(24)25/h4-7,12,14-15H,3,8-11H2,1-2H3,(H,24,25)/t12-,14?,15-/m1/s1. The fraction of sp³-hybridized carbons (Fsp3) is 0.526. The summed E-state index contributed by atoms with van der Waals surface area (Å²) < 4.78 is 0. The van der Waals surface area contributed by atoms with Crippen LogP contribution in [0, 0.1) is 17.8 Å². The van der Waals surface area contributed by atoms with Gasteiger partial charge in [-0.25, -0.2) is 0 Å². The molecule has 2 aliphatic rings. The molecule has 2 saturated heterocycles. The third-order valence-corrected chi connectivity index (χ3v) is 5.38. The van der Waals surface area contributed by atoms with Crippen molar-refractivity contribution in [2.75, 3.05) is 24.5 Å². The van der Waals surface area contributed by atoms with E-state index in [-0.39, 0.29) is 30.7 Å². The molecule has 0 aromatic heterocycles. The van der Waals surface area contributed by atoms with E-state index in [1.54, 1.807) is 9.80 Å². The second-order valence-corrected chi connectivity index (χ2v) is 7.05. The van der Waals surface area contributed by atoms with E-state index in [0.29, 0.717) is 13.1 Å². The van der Waals surface area contributed by atoms with Crippen LogP contribution in [0.5, 0.6) is 0 Å². The Bertz CT molecular complexity index is 702. The smallest absolute Gasteiger partial charge is 0.308 e. The molecule has 1 unspecified atom stereocenters. The molecular weight excluding hydrogens is 320 g/mol. The molecule has 3 rings (SSSR count). The summed E-state index contributed by atoms with van der Waals surface area (Å²) in [4.78, 5) is 39.8. The maximum absolute atomic E-state index is 12.8. The minimum Gasteiger partial charge on any atom is -0.481 e. The van der Waals surface area contributed by atoms with Crippen LogP contribution in [0.1, 0.15) is 25.8 Å². The van der Waals surface area contributed by atoms with Crippen molar-refractivity contribution in [1.29, 1.82) is 0 Å². The normalized spacial score (nSPS) is 26.3. The number of carboxylic acid groups (broad SMARTS) is 1. The molecule has 3 atom stereocenters. The largest absolute Gasteiger partial charge is 0.481 e. The van der Waals surface area contributed by atoms with Gasteiger partial charge in [-0.3, -0.25) is 14.4 Å². The highest BCUT2D eigenvalue weighted by atomic mass is 16.4. The minimum absolute atomic E-state index is 0.0405. The van der Waals surface area contributed by atoms with Crippen molar-refractivity contribution in [1.82, 2.24) is 4.90 Å². The summed E-state index contributed by atoms with van der Waals surface area (Å²) in [7, 11) is 0. The van der Waals surface area contributed by atoms with Crippen molar-refractivity contribution >= 4 is 23.5 Å². The highest BCUT2D eigenvalue weighted by Gasteiger charge is 2.42. The number of nitrogens with zero attached hydrogens (tertiary/aromatic N) is 2. The number of aryl methyl sites for hydroxylation is 1. The monoisotopic (exact) mass is 344 g/mol. The van der Waals surface area contributed by atoms with Crippen LogP contribution in [0.3, 0.4) is 0 Å². The zero-order valence-electron chi connectivity index (χ0n) is 14.6. The van der Waals surface area contributed by atoms with E-state index in [0.717, 1.165) is 17.7 Å². The van der Waals surface area contributed by atoms with Gasteiger partial charge in [0.2, 0.25) is 11.8 Å². The van der Waals surface area contributed by atoms with Crippen molar-refractivity contribution < 1.29 is 19.5 Å². The Labute approximate surface area is 147 Å². The minimum atomic E-state index is -0.858. The Hall–Kier alpha value is -2.37. The van der Waals surface area contributed by atoms with Crippen molar-refractivity contribution in [3.63, 3.8) is 0 Å². The number of para-hydroxylation sites is 1. The summed E-state index contributed by atoms with van der Waals surface area (Å²) in [5, 5.41) is 9.24. The molecule has 6 heteroatoms. The fourth-order valence-corrected chi connectivity index (χ4v) is 3.91. The molecule has 0 bridgehead atoms. The predicted octanol–water partition coefficient (Wildman–Crippen LogP) is 1.78. The number of aliphatic carboxylic acids is 1. The number of anilines is 1. The van der Waals surface area contributed by atoms with Crippen LogP contribution in [0.4, 0.5) is 5.69 Å². The number of carboxylic acids is 1. The Morgan fingerprint density at radius 3 is 2.56 bits per heavy atom. The number of hydrogen-bond acceptors (Lipinski definition) is 3. The van der Waals surface area contributed by atoms with E-state index in [4.69, 9.17) is 0 Å². The molecule has 0 saturated carbocycles. The summed E-state index contributed by atoms with van der Waals surface area (Å²) >= 11 is 0. The fourth-order valence-electron chi connectivity index (χ4n) is 3.91. The molecular formula is C19H24N2O4.